The lowest BCUT2D eigenvalue weighted by atomic mass is 9.85. The van der Waals surface area contributed by atoms with Crippen LogP contribution in [0, 0.1) is 5.92 Å². The molecule has 8 heteroatoms. The first kappa shape index (κ1) is 19.1. The zero-order chi connectivity index (χ0) is 18.7. The molecule has 0 aromatic heterocycles. The van der Waals surface area contributed by atoms with E-state index < -0.39 is 18.1 Å². The monoisotopic (exact) mass is 389 g/mol. The molecule has 0 spiro atoms. The average Bonchev–Trinajstić information content (AvgIpc) is 2.61. The van der Waals surface area contributed by atoms with Crippen LogP contribution in [-0.2, 0) is 0 Å². The van der Waals surface area contributed by atoms with Gasteiger partial charge < -0.3 is 15.1 Å². The fourth-order valence-electron chi connectivity index (χ4n) is 3.72. The number of nitrogens with one attached hydrogen (secondary N) is 1. The fourth-order valence-corrected chi connectivity index (χ4v) is 3.91. The van der Waals surface area contributed by atoms with Gasteiger partial charge in [-0.15, -0.1) is 0 Å². The summed E-state index contributed by atoms with van der Waals surface area (Å²) in [6.45, 7) is 2.41. The van der Waals surface area contributed by atoms with E-state index in [4.69, 9.17) is 11.6 Å². The molecule has 0 unspecified atom stereocenters. The van der Waals surface area contributed by atoms with Gasteiger partial charge >= 0.3 is 12.2 Å². The highest BCUT2D eigenvalue weighted by atomic mass is 35.5. The molecule has 1 saturated carbocycles. The van der Waals surface area contributed by atoms with Crippen molar-refractivity contribution in [1.29, 1.82) is 0 Å². The second kappa shape index (κ2) is 7.94. The molecular weight excluding hydrogens is 367 g/mol. The first-order chi connectivity index (χ1) is 12.3. The van der Waals surface area contributed by atoms with Crippen LogP contribution in [0.4, 0.5) is 23.7 Å². The van der Waals surface area contributed by atoms with E-state index in [0.29, 0.717) is 44.0 Å². The van der Waals surface area contributed by atoms with E-state index in [-0.39, 0.29) is 18.9 Å². The molecule has 2 aliphatic rings. The molecule has 26 heavy (non-hydrogen) atoms. The molecule has 1 N–H and O–H groups in total. The van der Waals surface area contributed by atoms with Gasteiger partial charge in [-0.05, 0) is 37.5 Å². The topological polar surface area (TPSA) is 35.6 Å². The normalized spacial score (nSPS) is 24.5. The van der Waals surface area contributed by atoms with Crippen molar-refractivity contribution < 1.29 is 18.0 Å². The molecule has 1 aliphatic carbocycles. The standard InChI is InChI=1S/C18H23ClF3N3O/c19-14-4-2-6-16(12-14)24-7-9-25(10-8-24)17(26)23-15-5-1-3-13(11-15)18(20,21)22/h2,4,6,12-13,15H,1,3,5,7-11H2,(H,23,26)/t13-,15-/m0/s1. The molecule has 144 valence electrons. The van der Waals surface area contributed by atoms with Crippen LogP contribution in [0.2, 0.25) is 5.02 Å². The quantitative estimate of drug-likeness (QED) is 0.818. The van der Waals surface area contributed by atoms with Crippen molar-refractivity contribution in [3.63, 3.8) is 0 Å². The van der Waals surface area contributed by atoms with E-state index in [1.807, 2.05) is 24.3 Å². The zero-order valence-electron chi connectivity index (χ0n) is 14.4. The molecule has 4 nitrogen and oxygen atoms in total. The van der Waals surface area contributed by atoms with Crippen LogP contribution < -0.4 is 10.2 Å². The zero-order valence-corrected chi connectivity index (χ0v) is 15.2. The number of rotatable bonds is 2. The lowest BCUT2D eigenvalue weighted by Gasteiger charge is -2.38. The van der Waals surface area contributed by atoms with E-state index in [1.54, 1.807) is 4.90 Å². The number of amides is 2. The molecule has 1 aliphatic heterocycles. The number of anilines is 1. The number of piperazine rings is 1. The van der Waals surface area contributed by atoms with Crippen LogP contribution in [0.5, 0.6) is 0 Å². The van der Waals surface area contributed by atoms with Crippen LogP contribution >= 0.6 is 11.6 Å². The van der Waals surface area contributed by atoms with Crippen LogP contribution in [0.1, 0.15) is 25.7 Å². The molecule has 0 radical (unpaired) electrons. The maximum atomic E-state index is 12.9. The second-order valence-corrected chi connectivity index (χ2v) is 7.44. The number of carbonyl (C=O) groups is 1. The lowest BCUT2D eigenvalue weighted by Crippen LogP contribution is -2.54. The van der Waals surface area contributed by atoms with Gasteiger partial charge in [0.2, 0.25) is 0 Å². The van der Waals surface area contributed by atoms with Gasteiger partial charge in [0, 0.05) is 42.9 Å². The van der Waals surface area contributed by atoms with E-state index in [1.165, 1.54) is 0 Å². The van der Waals surface area contributed by atoms with Crippen molar-refractivity contribution in [1.82, 2.24) is 10.2 Å². The summed E-state index contributed by atoms with van der Waals surface area (Å²) < 4.78 is 38.7. The van der Waals surface area contributed by atoms with Crippen molar-refractivity contribution >= 4 is 23.3 Å². The van der Waals surface area contributed by atoms with Crippen molar-refractivity contribution in [2.24, 2.45) is 5.92 Å². The molecule has 3 rings (SSSR count). The van der Waals surface area contributed by atoms with Gasteiger partial charge in [0.15, 0.2) is 0 Å². The fraction of sp³-hybridized carbons (Fsp3) is 0.611. The minimum absolute atomic E-state index is 0.0162. The molecule has 0 bridgehead atoms. The highest BCUT2D eigenvalue weighted by molar-refractivity contribution is 6.30. The van der Waals surface area contributed by atoms with E-state index in [2.05, 4.69) is 10.2 Å². The smallest absolute Gasteiger partial charge is 0.368 e. The lowest BCUT2D eigenvalue weighted by molar-refractivity contribution is -0.183. The highest BCUT2D eigenvalue weighted by Gasteiger charge is 2.42. The summed E-state index contributed by atoms with van der Waals surface area (Å²) >= 11 is 6.01. The summed E-state index contributed by atoms with van der Waals surface area (Å²) in [4.78, 5) is 16.2. The summed E-state index contributed by atoms with van der Waals surface area (Å²) in [5.74, 6) is -1.30. The Morgan fingerprint density at radius 1 is 1.15 bits per heavy atom. The van der Waals surface area contributed by atoms with Gasteiger partial charge in [-0.1, -0.05) is 24.1 Å². The third-order valence-corrected chi connectivity index (χ3v) is 5.44. The predicted molar refractivity (Wildman–Crippen MR) is 95.6 cm³/mol. The van der Waals surface area contributed by atoms with E-state index in [0.717, 1.165) is 5.69 Å². The Hall–Kier alpha value is -1.63. The average molecular weight is 390 g/mol. The first-order valence-corrected chi connectivity index (χ1v) is 9.33. The molecule has 2 amide bonds. The molecule has 2 atom stereocenters. The summed E-state index contributed by atoms with van der Waals surface area (Å²) in [5, 5.41) is 3.47. The number of benzene rings is 1. The van der Waals surface area contributed by atoms with Gasteiger partial charge in [0.05, 0.1) is 5.92 Å². The molecule has 1 aromatic carbocycles. The van der Waals surface area contributed by atoms with Crippen molar-refractivity contribution in [2.45, 2.75) is 37.9 Å². The Labute approximate surface area is 156 Å². The van der Waals surface area contributed by atoms with Gasteiger partial charge in [0.1, 0.15) is 0 Å². The number of hydrogen-bond donors (Lipinski definition) is 1. The van der Waals surface area contributed by atoms with Crippen molar-refractivity contribution in [3.8, 4) is 0 Å². The summed E-state index contributed by atoms with van der Waals surface area (Å²) in [6.07, 6.45) is -2.92. The second-order valence-electron chi connectivity index (χ2n) is 7.01. The maximum Gasteiger partial charge on any atom is 0.391 e. The number of hydrogen-bond acceptors (Lipinski definition) is 2. The third-order valence-electron chi connectivity index (χ3n) is 5.20. The molecule has 2 fully saturated rings. The summed E-state index contributed by atoms with van der Waals surface area (Å²) in [7, 11) is 0. The Morgan fingerprint density at radius 2 is 1.88 bits per heavy atom. The van der Waals surface area contributed by atoms with Gasteiger partial charge in [-0.25, -0.2) is 4.79 Å². The predicted octanol–water partition coefficient (Wildman–Crippen LogP) is 4.29. The Kier molecular flexibility index (Phi) is 5.85. The largest absolute Gasteiger partial charge is 0.391 e. The molecule has 1 aromatic rings. The number of nitrogens with zero attached hydrogens (tertiary/aromatic N) is 2. The Bertz CT molecular complexity index is 632. The van der Waals surface area contributed by atoms with E-state index in [9.17, 15) is 18.0 Å². The first-order valence-electron chi connectivity index (χ1n) is 8.95. The summed E-state index contributed by atoms with van der Waals surface area (Å²) in [6, 6.07) is 6.90. The number of carbonyl (C=O) groups excluding carboxylic acids is 1. The summed E-state index contributed by atoms with van der Waals surface area (Å²) in [5.41, 5.74) is 1.01. The SMILES string of the molecule is O=C(N[C@H]1CCC[C@H](C(F)(F)F)C1)N1CCN(c2cccc(Cl)c2)CC1. The van der Waals surface area contributed by atoms with Gasteiger partial charge in [-0.3, -0.25) is 0 Å². The highest BCUT2D eigenvalue weighted by Crippen LogP contribution is 2.37. The number of halogens is 4. The Morgan fingerprint density at radius 3 is 2.54 bits per heavy atom. The maximum absolute atomic E-state index is 12.9. The third kappa shape index (κ3) is 4.75. The van der Waals surface area contributed by atoms with Crippen LogP contribution in [-0.4, -0.2) is 49.3 Å². The van der Waals surface area contributed by atoms with Crippen LogP contribution in [0.3, 0.4) is 0 Å². The number of alkyl halides is 3. The molecular formula is C18H23ClF3N3O. The van der Waals surface area contributed by atoms with E-state index >= 15 is 0 Å². The molecule has 1 saturated heterocycles. The van der Waals surface area contributed by atoms with Crippen molar-refractivity contribution in [3.05, 3.63) is 29.3 Å². The Balaban J connectivity index is 1.49. The van der Waals surface area contributed by atoms with Crippen LogP contribution in [0.15, 0.2) is 24.3 Å². The van der Waals surface area contributed by atoms with Gasteiger partial charge in [-0.2, -0.15) is 13.2 Å². The van der Waals surface area contributed by atoms with Crippen molar-refractivity contribution in [2.75, 3.05) is 31.1 Å². The van der Waals surface area contributed by atoms with Crippen LogP contribution in [0.25, 0.3) is 0 Å². The minimum atomic E-state index is -4.17. The van der Waals surface area contributed by atoms with Gasteiger partial charge in [0.25, 0.3) is 0 Å². The molecule has 1 heterocycles. The number of urea groups is 1. The minimum Gasteiger partial charge on any atom is -0.368 e.